The minimum absolute atomic E-state index is 0.112. The number of rotatable bonds is 7. The Morgan fingerprint density at radius 3 is 2.68 bits per heavy atom. The molecule has 0 saturated carbocycles. The number of allylic oxidation sites excluding steroid dienone is 1. The number of imidazole rings is 1. The highest BCUT2D eigenvalue weighted by atomic mass is 32.1. The van der Waals surface area contributed by atoms with E-state index in [1.54, 1.807) is 24.5 Å². The smallest absolute Gasteiger partial charge is 0.208 e. The fourth-order valence-electron chi connectivity index (χ4n) is 3.21. The molecule has 0 fully saturated rings. The van der Waals surface area contributed by atoms with Gasteiger partial charge in [-0.3, -0.25) is 4.40 Å². The van der Waals surface area contributed by atoms with Gasteiger partial charge in [0.2, 0.25) is 5.13 Å². The first-order valence-electron chi connectivity index (χ1n) is 10.5. The first kappa shape index (κ1) is 23.7. The number of aliphatic imine (C=N–C) groups is 1. The summed E-state index contributed by atoms with van der Waals surface area (Å²) in [6.07, 6.45) is 5.44. The average Bonchev–Trinajstić information content (AvgIpc) is 3.48. The first-order chi connectivity index (χ1) is 16.2. The largest absolute Gasteiger partial charge is 0.857 e. The number of fused-ring (bicyclic) bond motifs is 1. The molecule has 0 amide bonds. The van der Waals surface area contributed by atoms with E-state index >= 15 is 0 Å². The van der Waals surface area contributed by atoms with Crippen molar-refractivity contribution in [1.82, 2.24) is 14.4 Å². The lowest BCUT2D eigenvalue weighted by atomic mass is 9.93. The lowest BCUT2D eigenvalue weighted by molar-refractivity contribution is -0.213. The minimum atomic E-state index is -0.399. The quantitative estimate of drug-likeness (QED) is 0.188. The molecule has 34 heavy (non-hydrogen) atoms. The van der Waals surface area contributed by atoms with Crippen molar-refractivity contribution in [2.45, 2.75) is 33.1 Å². The van der Waals surface area contributed by atoms with Crippen molar-refractivity contribution in [3.63, 3.8) is 0 Å². The molecule has 1 aromatic carbocycles. The molecule has 0 aliphatic heterocycles. The SMILES string of the molecule is C=C(C)Oc1c(/C=C/c2nc3sccn3c2/C([O-])=N/c2nc(C(C)(C)C)cs2)cccc1OC. The van der Waals surface area contributed by atoms with Crippen LogP contribution in [0.2, 0.25) is 0 Å². The summed E-state index contributed by atoms with van der Waals surface area (Å²) in [4.78, 5) is 14.2. The van der Waals surface area contributed by atoms with Gasteiger partial charge in [0, 0.05) is 33.8 Å². The second kappa shape index (κ2) is 9.44. The van der Waals surface area contributed by atoms with E-state index in [0.717, 1.165) is 11.3 Å². The molecule has 3 heterocycles. The van der Waals surface area contributed by atoms with Gasteiger partial charge in [-0.05, 0) is 25.1 Å². The van der Waals surface area contributed by atoms with Gasteiger partial charge in [-0.25, -0.2) is 15.0 Å². The van der Waals surface area contributed by atoms with Gasteiger partial charge in [-0.2, -0.15) is 0 Å². The lowest BCUT2D eigenvalue weighted by Crippen LogP contribution is -2.21. The van der Waals surface area contributed by atoms with Crippen molar-refractivity contribution in [3.8, 4) is 11.5 Å². The number of nitrogens with zero attached hydrogens (tertiary/aromatic N) is 4. The Bertz CT molecular complexity index is 1400. The summed E-state index contributed by atoms with van der Waals surface area (Å²) < 4.78 is 13.0. The van der Waals surface area contributed by atoms with E-state index in [4.69, 9.17) is 9.47 Å². The van der Waals surface area contributed by atoms with Gasteiger partial charge >= 0.3 is 0 Å². The van der Waals surface area contributed by atoms with E-state index < -0.39 is 5.90 Å². The standard InChI is InChI=1S/C25H26N4O3S2/c1-15(2)32-21-16(8-7-9-18(21)31-6)10-11-17-20(29-12-13-33-24(29)26-17)22(30)28-23-27-19(14-34-23)25(3,4)5/h7-14H,1H2,2-6H3,(H,27,28,30)/p-1/b11-10+. The maximum absolute atomic E-state index is 13.2. The van der Waals surface area contributed by atoms with Crippen LogP contribution in [0.1, 0.15) is 50.3 Å². The number of hydrogen-bond donors (Lipinski definition) is 0. The maximum Gasteiger partial charge on any atom is 0.208 e. The highest BCUT2D eigenvalue weighted by Crippen LogP contribution is 2.34. The Morgan fingerprint density at radius 2 is 2.00 bits per heavy atom. The van der Waals surface area contributed by atoms with Crippen LogP contribution in [0.25, 0.3) is 17.1 Å². The van der Waals surface area contributed by atoms with Gasteiger partial charge in [-0.15, -0.1) is 22.7 Å². The predicted molar refractivity (Wildman–Crippen MR) is 137 cm³/mol. The van der Waals surface area contributed by atoms with Gasteiger partial charge in [-0.1, -0.05) is 39.5 Å². The minimum Gasteiger partial charge on any atom is -0.857 e. The Hall–Kier alpha value is -3.43. The number of benzene rings is 1. The number of para-hydroxylation sites is 1. The van der Waals surface area contributed by atoms with Crippen LogP contribution in [0.4, 0.5) is 5.13 Å². The average molecular weight is 494 g/mol. The molecule has 9 heteroatoms. The van der Waals surface area contributed by atoms with E-state index in [9.17, 15) is 5.11 Å². The molecule has 0 aliphatic carbocycles. The summed E-state index contributed by atoms with van der Waals surface area (Å²) in [6.45, 7) is 11.8. The van der Waals surface area contributed by atoms with E-state index in [2.05, 4.69) is 42.3 Å². The molecular formula is C25H25N4O3S2-. The third-order valence-corrected chi connectivity index (χ3v) is 6.37. The summed E-state index contributed by atoms with van der Waals surface area (Å²) in [5, 5.41) is 17.5. The monoisotopic (exact) mass is 493 g/mol. The third-order valence-electron chi connectivity index (χ3n) is 4.88. The van der Waals surface area contributed by atoms with E-state index in [1.807, 2.05) is 41.2 Å². The number of ether oxygens (including phenoxy) is 2. The molecule has 0 atom stereocenters. The van der Waals surface area contributed by atoms with Crippen molar-refractivity contribution in [3.05, 3.63) is 70.1 Å². The first-order valence-corrected chi connectivity index (χ1v) is 12.3. The summed E-state index contributed by atoms with van der Waals surface area (Å²) in [5.41, 5.74) is 2.45. The van der Waals surface area contributed by atoms with Crippen molar-refractivity contribution in [2.75, 3.05) is 7.11 Å². The molecule has 0 radical (unpaired) electrons. The third kappa shape index (κ3) is 4.90. The Morgan fingerprint density at radius 1 is 1.21 bits per heavy atom. The predicted octanol–water partition coefficient (Wildman–Crippen LogP) is 5.68. The number of aromatic nitrogens is 3. The fourth-order valence-corrected chi connectivity index (χ4v) is 4.84. The molecule has 0 aliphatic rings. The molecule has 0 saturated heterocycles. The van der Waals surface area contributed by atoms with Crippen LogP contribution >= 0.6 is 22.7 Å². The van der Waals surface area contributed by atoms with Gasteiger partial charge in [0.05, 0.1) is 30.0 Å². The molecule has 0 bridgehead atoms. The molecule has 7 nitrogen and oxygen atoms in total. The van der Waals surface area contributed by atoms with Crippen molar-refractivity contribution < 1.29 is 14.6 Å². The second-order valence-corrected chi connectivity index (χ2v) is 10.3. The number of thiazole rings is 2. The van der Waals surface area contributed by atoms with Crippen molar-refractivity contribution >= 4 is 50.8 Å². The lowest BCUT2D eigenvalue weighted by Gasteiger charge is -2.14. The maximum atomic E-state index is 13.2. The van der Waals surface area contributed by atoms with Crippen molar-refractivity contribution in [1.29, 1.82) is 0 Å². The Labute approximate surface area is 206 Å². The number of hydrogen-bond acceptors (Lipinski definition) is 8. The van der Waals surface area contributed by atoms with Crippen LogP contribution in [0.5, 0.6) is 11.5 Å². The van der Waals surface area contributed by atoms with Crippen LogP contribution in [-0.4, -0.2) is 27.4 Å². The second-order valence-electron chi connectivity index (χ2n) is 8.60. The molecule has 0 N–H and O–H groups in total. The molecular weight excluding hydrogens is 468 g/mol. The zero-order chi connectivity index (χ0) is 24.5. The van der Waals surface area contributed by atoms with Crippen LogP contribution in [0.3, 0.4) is 0 Å². The van der Waals surface area contributed by atoms with Gasteiger partial charge < -0.3 is 14.6 Å². The van der Waals surface area contributed by atoms with Crippen LogP contribution in [-0.2, 0) is 5.41 Å². The summed E-state index contributed by atoms with van der Waals surface area (Å²) in [6, 6.07) is 5.58. The van der Waals surface area contributed by atoms with Crippen LogP contribution in [0.15, 0.2) is 52.5 Å². The summed E-state index contributed by atoms with van der Waals surface area (Å²) in [7, 11) is 1.58. The highest BCUT2D eigenvalue weighted by molar-refractivity contribution is 7.15. The van der Waals surface area contributed by atoms with Crippen LogP contribution < -0.4 is 14.6 Å². The zero-order valence-corrected chi connectivity index (χ0v) is 21.3. The Balaban J connectivity index is 1.75. The molecule has 0 spiro atoms. The van der Waals surface area contributed by atoms with Crippen LogP contribution in [0, 0.1) is 0 Å². The molecule has 3 aromatic heterocycles. The molecule has 4 rings (SSSR count). The van der Waals surface area contributed by atoms with Crippen molar-refractivity contribution in [2.24, 2.45) is 4.99 Å². The highest BCUT2D eigenvalue weighted by Gasteiger charge is 2.18. The normalized spacial score (nSPS) is 12.6. The summed E-state index contributed by atoms with van der Waals surface area (Å²) in [5.74, 6) is 1.27. The molecule has 0 unspecified atom stereocenters. The van der Waals surface area contributed by atoms with E-state index in [0.29, 0.717) is 38.7 Å². The summed E-state index contributed by atoms with van der Waals surface area (Å²) >= 11 is 2.80. The molecule has 176 valence electrons. The fraction of sp³-hybridized carbons (Fsp3) is 0.240. The molecule has 4 aromatic rings. The van der Waals surface area contributed by atoms with E-state index in [-0.39, 0.29) is 5.41 Å². The Kier molecular flexibility index (Phi) is 6.58. The zero-order valence-electron chi connectivity index (χ0n) is 19.7. The van der Waals surface area contributed by atoms with Gasteiger partial charge in [0.25, 0.3) is 0 Å². The number of methoxy groups -OCH3 is 1. The topological polar surface area (TPSA) is 84.1 Å². The van der Waals surface area contributed by atoms with E-state index in [1.165, 1.54) is 22.7 Å². The van der Waals surface area contributed by atoms with Gasteiger partial charge in [0.1, 0.15) is 0 Å². The van der Waals surface area contributed by atoms with Gasteiger partial charge in [0.15, 0.2) is 16.5 Å².